The Labute approximate surface area is 125 Å². The van der Waals surface area contributed by atoms with Crippen molar-refractivity contribution in [2.45, 2.75) is 6.61 Å². The molecule has 1 aromatic heterocycles. The molecule has 0 amide bonds. The number of anilines is 1. The zero-order chi connectivity index (χ0) is 14.9. The summed E-state index contributed by atoms with van der Waals surface area (Å²) in [5, 5.41) is 4.23. The molecule has 0 radical (unpaired) electrons. The van der Waals surface area contributed by atoms with Crippen LogP contribution in [-0.4, -0.2) is 45.6 Å². The van der Waals surface area contributed by atoms with Crippen molar-refractivity contribution in [3.05, 3.63) is 35.9 Å². The first kappa shape index (κ1) is 15.7. The Kier molecular flexibility index (Phi) is 6.40. The van der Waals surface area contributed by atoms with Crippen molar-refractivity contribution in [2.24, 2.45) is 0 Å². The number of aromatic nitrogens is 1. The van der Waals surface area contributed by atoms with Gasteiger partial charge in [-0.2, -0.15) is 0 Å². The van der Waals surface area contributed by atoms with Crippen LogP contribution in [-0.2, 0) is 20.8 Å². The highest BCUT2D eigenvalue weighted by molar-refractivity contribution is 5.81. The van der Waals surface area contributed by atoms with Crippen molar-refractivity contribution >= 4 is 16.7 Å². The first-order chi connectivity index (χ1) is 10.3. The number of nitrogens with one attached hydrogen (secondary N) is 1. The molecule has 0 aliphatic carbocycles. The summed E-state index contributed by atoms with van der Waals surface area (Å²) in [5.41, 5.74) is 2.03. The second-order valence-electron chi connectivity index (χ2n) is 4.60. The summed E-state index contributed by atoms with van der Waals surface area (Å²) in [4.78, 5) is 4.59. The molecule has 0 aliphatic rings. The Hall–Kier alpha value is -1.69. The summed E-state index contributed by atoms with van der Waals surface area (Å²) in [7, 11) is 3.53. The molecule has 21 heavy (non-hydrogen) atoms. The van der Waals surface area contributed by atoms with Crippen LogP contribution in [0.3, 0.4) is 0 Å². The molecule has 2 aromatic rings. The Morgan fingerprint density at radius 3 is 2.62 bits per heavy atom. The minimum Gasteiger partial charge on any atom is -0.382 e. The lowest BCUT2D eigenvalue weighted by atomic mass is 10.1. The number of ether oxygens (including phenoxy) is 3. The maximum atomic E-state index is 5.65. The predicted octanol–water partition coefficient (Wildman–Crippen LogP) is 2.46. The number of pyridine rings is 1. The van der Waals surface area contributed by atoms with E-state index >= 15 is 0 Å². The summed E-state index contributed by atoms with van der Waals surface area (Å²) >= 11 is 0. The molecule has 0 bridgehead atoms. The number of hydrogen-bond donors (Lipinski definition) is 1. The molecular weight excluding hydrogens is 268 g/mol. The quantitative estimate of drug-likeness (QED) is 0.719. The molecule has 0 fully saturated rings. The average molecular weight is 290 g/mol. The van der Waals surface area contributed by atoms with Crippen LogP contribution < -0.4 is 5.32 Å². The molecule has 1 aromatic carbocycles. The molecule has 0 saturated heterocycles. The third kappa shape index (κ3) is 4.67. The number of fused-ring (bicyclic) bond motifs is 1. The highest BCUT2D eigenvalue weighted by Gasteiger charge is 2.05. The van der Waals surface area contributed by atoms with Gasteiger partial charge in [-0.3, -0.25) is 0 Å². The molecule has 0 atom stereocenters. The van der Waals surface area contributed by atoms with Crippen molar-refractivity contribution in [3.63, 3.8) is 0 Å². The Morgan fingerprint density at radius 1 is 1.05 bits per heavy atom. The first-order valence-corrected chi connectivity index (χ1v) is 7.06. The average Bonchev–Trinajstić information content (AvgIpc) is 2.53. The molecule has 2 rings (SSSR count). The Morgan fingerprint density at radius 2 is 1.81 bits per heavy atom. The van der Waals surface area contributed by atoms with Crippen LogP contribution in [0.4, 0.5) is 5.82 Å². The highest BCUT2D eigenvalue weighted by atomic mass is 16.5. The van der Waals surface area contributed by atoms with Crippen LogP contribution in [0.15, 0.2) is 30.3 Å². The van der Waals surface area contributed by atoms with Crippen LogP contribution in [0.5, 0.6) is 0 Å². The van der Waals surface area contributed by atoms with Crippen molar-refractivity contribution in [1.29, 1.82) is 0 Å². The number of methoxy groups -OCH3 is 1. The van der Waals surface area contributed by atoms with Crippen molar-refractivity contribution < 1.29 is 14.2 Å². The van der Waals surface area contributed by atoms with E-state index in [1.807, 2.05) is 25.2 Å². The molecule has 114 valence electrons. The molecule has 1 N–H and O–H groups in total. The summed E-state index contributed by atoms with van der Waals surface area (Å²) in [6.07, 6.45) is 0. The van der Waals surface area contributed by atoms with Crippen LogP contribution in [0.1, 0.15) is 5.56 Å². The van der Waals surface area contributed by atoms with Gasteiger partial charge in [-0.25, -0.2) is 4.98 Å². The van der Waals surface area contributed by atoms with Crippen LogP contribution in [0.2, 0.25) is 0 Å². The first-order valence-electron chi connectivity index (χ1n) is 7.06. The van der Waals surface area contributed by atoms with Crippen molar-refractivity contribution in [3.8, 4) is 0 Å². The van der Waals surface area contributed by atoms with Gasteiger partial charge in [0.2, 0.25) is 0 Å². The largest absolute Gasteiger partial charge is 0.382 e. The third-order valence-corrected chi connectivity index (χ3v) is 3.10. The molecular formula is C16H22N2O3. The van der Waals surface area contributed by atoms with E-state index in [2.05, 4.69) is 22.4 Å². The van der Waals surface area contributed by atoms with E-state index in [9.17, 15) is 0 Å². The molecule has 0 aliphatic heterocycles. The maximum absolute atomic E-state index is 5.65. The fourth-order valence-corrected chi connectivity index (χ4v) is 2.03. The molecule has 1 heterocycles. The lowest BCUT2D eigenvalue weighted by Gasteiger charge is -2.11. The van der Waals surface area contributed by atoms with Gasteiger partial charge in [0.1, 0.15) is 5.82 Å². The van der Waals surface area contributed by atoms with E-state index in [0.717, 1.165) is 22.3 Å². The second kappa shape index (κ2) is 8.56. The third-order valence-electron chi connectivity index (χ3n) is 3.10. The molecule has 0 unspecified atom stereocenters. The second-order valence-corrected chi connectivity index (χ2v) is 4.60. The summed E-state index contributed by atoms with van der Waals surface area (Å²) < 4.78 is 15.9. The van der Waals surface area contributed by atoms with Gasteiger partial charge in [0.15, 0.2) is 0 Å². The van der Waals surface area contributed by atoms with E-state index in [1.165, 1.54) is 0 Å². The van der Waals surface area contributed by atoms with E-state index < -0.39 is 0 Å². The van der Waals surface area contributed by atoms with Gasteiger partial charge in [-0.1, -0.05) is 18.2 Å². The lowest BCUT2D eigenvalue weighted by Crippen LogP contribution is -2.09. The molecule has 5 nitrogen and oxygen atoms in total. The fraction of sp³-hybridized carbons (Fsp3) is 0.438. The zero-order valence-corrected chi connectivity index (χ0v) is 12.6. The van der Waals surface area contributed by atoms with Gasteiger partial charge < -0.3 is 19.5 Å². The molecule has 0 saturated carbocycles. The summed E-state index contributed by atoms with van der Waals surface area (Å²) in [5.74, 6) is 0.856. The number of benzene rings is 1. The Bertz CT molecular complexity index is 560. The van der Waals surface area contributed by atoms with Gasteiger partial charge in [0.25, 0.3) is 0 Å². The zero-order valence-electron chi connectivity index (χ0n) is 12.6. The van der Waals surface area contributed by atoms with Crippen LogP contribution >= 0.6 is 0 Å². The predicted molar refractivity (Wildman–Crippen MR) is 83.6 cm³/mol. The van der Waals surface area contributed by atoms with E-state index in [0.29, 0.717) is 33.0 Å². The minimum atomic E-state index is 0.516. The number of para-hydroxylation sites is 1. The molecule has 0 spiro atoms. The smallest absolute Gasteiger partial charge is 0.131 e. The monoisotopic (exact) mass is 290 g/mol. The van der Waals surface area contributed by atoms with Crippen molar-refractivity contribution in [1.82, 2.24) is 4.98 Å². The Balaban J connectivity index is 1.88. The standard InChI is InChI=1S/C16H22N2O3/c1-17-16-14(12-21-10-9-20-8-7-19-2)11-13-5-3-4-6-15(13)18-16/h3-6,11H,7-10,12H2,1-2H3,(H,17,18). The van der Waals surface area contributed by atoms with Gasteiger partial charge >= 0.3 is 0 Å². The number of rotatable bonds is 9. The fourth-order valence-electron chi connectivity index (χ4n) is 2.03. The number of hydrogen-bond acceptors (Lipinski definition) is 5. The van der Waals surface area contributed by atoms with Gasteiger partial charge in [-0.15, -0.1) is 0 Å². The SMILES string of the molecule is CNc1nc2ccccc2cc1COCCOCCOC. The van der Waals surface area contributed by atoms with E-state index in [-0.39, 0.29) is 0 Å². The van der Waals surface area contributed by atoms with Crippen LogP contribution in [0, 0.1) is 0 Å². The van der Waals surface area contributed by atoms with Gasteiger partial charge in [0, 0.05) is 25.1 Å². The lowest BCUT2D eigenvalue weighted by molar-refractivity contribution is 0.0200. The van der Waals surface area contributed by atoms with Crippen LogP contribution in [0.25, 0.3) is 10.9 Å². The minimum absolute atomic E-state index is 0.516. The van der Waals surface area contributed by atoms with E-state index in [1.54, 1.807) is 7.11 Å². The maximum Gasteiger partial charge on any atom is 0.131 e. The van der Waals surface area contributed by atoms with E-state index in [4.69, 9.17) is 14.2 Å². The molecule has 5 heteroatoms. The number of nitrogens with zero attached hydrogens (tertiary/aromatic N) is 1. The normalized spacial score (nSPS) is 11.0. The highest BCUT2D eigenvalue weighted by Crippen LogP contribution is 2.20. The van der Waals surface area contributed by atoms with Crippen molar-refractivity contribution in [2.75, 3.05) is 45.9 Å². The summed E-state index contributed by atoms with van der Waals surface area (Å²) in [6, 6.07) is 10.2. The summed E-state index contributed by atoms with van der Waals surface area (Å²) in [6.45, 7) is 2.85. The topological polar surface area (TPSA) is 52.6 Å². The van der Waals surface area contributed by atoms with Gasteiger partial charge in [-0.05, 0) is 12.1 Å². The van der Waals surface area contributed by atoms with Gasteiger partial charge in [0.05, 0.1) is 38.6 Å².